The van der Waals surface area contributed by atoms with E-state index in [9.17, 15) is 0 Å². The number of nitrogens with zero attached hydrogens (tertiary/aromatic N) is 2. The van der Waals surface area contributed by atoms with Gasteiger partial charge in [0.25, 0.3) is 0 Å². The number of para-hydroxylation sites is 1. The highest BCUT2D eigenvalue weighted by Crippen LogP contribution is 2.29. The van der Waals surface area contributed by atoms with Crippen LogP contribution in [0, 0.1) is 0 Å². The fourth-order valence-electron chi connectivity index (χ4n) is 1.90. The van der Waals surface area contributed by atoms with Gasteiger partial charge in [-0.2, -0.15) is 0 Å². The number of aryl methyl sites for hydroxylation is 1. The largest absolute Gasteiger partial charge is 0.493 e. The maximum atomic E-state index is 6.07. The minimum atomic E-state index is 0.472. The minimum Gasteiger partial charge on any atom is -0.493 e. The van der Waals surface area contributed by atoms with Gasteiger partial charge in [0.05, 0.1) is 12.3 Å². The lowest BCUT2D eigenvalue weighted by Crippen LogP contribution is -1.99. The van der Waals surface area contributed by atoms with E-state index in [2.05, 4.69) is 16.9 Å². The van der Waals surface area contributed by atoms with Crippen molar-refractivity contribution in [2.24, 2.45) is 0 Å². The molecular weight excluding hydrogens is 260 g/mol. The molecule has 2 rings (SSSR count). The third-order valence-electron chi connectivity index (χ3n) is 2.68. The summed E-state index contributed by atoms with van der Waals surface area (Å²) >= 11 is 6.07. The molecule has 1 aromatic carbocycles. The Morgan fingerprint density at radius 1 is 1.16 bits per heavy atom. The van der Waals surface area contributed by atoms with Crippen LogP contribution in [0.25, 0.3) is 11.3 Å². The van der Waals surface area contributed by atoms with E-state index in [0.717, 1.165) is 35.7 Å². The number of ether oxygens (including phenoxy) is 1. The first-order valence-electron chi connectivity index (χ1n) is 6.50. The minimum absolute atomic E-state index is 0.472. The van der Waals surface area contributed by atoms with Gasteiger partial charge in [-0.25, -0.2) is 9.97 Å². The molecule has 1 aromatic heterocycles. The molecule has 2 aromatic rings. The zero-order chi connectivity index (χ0) is 13.7. The summed E-state index contributed by atoms with van der Waals surface area (Å²) in [4.78, 5) is 8.80. The van der Waals surface area contributed by atoms with Gasteiger partial charge < -0.3 is 4.74 Å². The maximum absolute atomic E-state index is 6.07. The van der Waals surface area contributed by atoms with E-state index in [4.69, 9.17) is 16.3 Å². The van der Waals surface area contributed by atoms with Crippen LogP contribution in [0.1, 0.15) is 26.1 Å². The molecule has 19 heavy (non-hydrogen) atoms. The number of benzene rings is 1. The molecule has 0 saturated carbocycles. The molecule has 100 valence electrons. The molecule has 0 aliphatic carbocycles. The second kappa shape index (κ2) is 6.53. The molecule has 0 atom stereocenters. The lowest BCUT2D eigenvalue weighted by molar-refractivity contribution is 0.341. The molecule has 0 amide bonds. The molecule has 4 heteroatoms. The van der Waals surface area contributed by atoms with E-state index in [0.29, 0.717) is 11.8 Å². The summed E-state index contributed by atoms with van der Waals surface area (Å²) < 4.78 is 5.63. The number of halogens is 1. The zero-order valence-electron chi connectivity index (χ0n) is 11.2. The molecule has 0 aliphatic rings. The van der Waals surface area contributed by atoms with E-state index < -0.39 is 0 Å². The molecule has 3 nitrogen and oxygen atoms in total. The second-order valence-corrected chi connectivity index (χ2v) is 4.56. The van der Waals surface area contributed by atoms with Crippen LogP contribution >= 0.6 is 11.6 Å². The summed E-state index contributed by atoms with van der Waals surface area (Å²) in [6.45, 7) is 4.68. The Labute approximate surface area is 118 Å². The third-order valence-corrected chi connectivity index (χ3v) is 2.87. The van der Waals surface area contributed by atoms with Gasteiger partial charge in [0.15, 0.2) is 0 Å². The number of aromatic nitrogens is 2. The average Bonchev–Trinajstić information content (AvgIpc) is 2.39. The van der Waals surface area contributed by atoms with Crippen LogP contribution in [-0.2, 0) is 6.42 Å². The van der Waals surface area contributed by atoms with Gasteiger partial charge in [0.2, 0.25) is 0 Å². The van der Waals surface area contributed by atoms with Crippen molar-refractivity contribution in [3.63, 3.8) is 0 Å². The van der Waals surface area contributed by atoms with Crippen molar-refractivity contribution >= 4 is 11.6 Å². The standard InChI is InChI=1S/C15H17ClN2O/c1-3-7-15-17-12(10-14(16)18-15)11-8-5-6-9-13(11)19-4-2/h5-6,8-10H,3-4,7H2,1-2H3. The van der Waals surface area contributed by atoms with Crippen LogP contribution in [-0.4, -0.2) is 16.6 Å². The lowest BCUT2D eigenvalue weighted by Gasteiger charge is -2.10. The van der Waals surface area contributed by atoms with Crippen molar-refractivity contribution in [2.45, 2.75) is 26.7 Å². The van der Waals surface area contributed by atoms with E-state index in [-0.39, 0.29) is 0 Å². The fraction of sp³-hybridized carbons (Fsp3) is 0.333. The van der Waals surface area contributed by atoms with Gasteiger partial charge in [-0.05, 0) is 25.5 Å². The van der Waals surface area contributed by atoms with E-state index in [1.807, 2.05) is 31.2 Å². The predicted octanol–water partition coefficient (Wildman–Crippen LogP) is 4.15. The van der Waals surface area contributed by atoms with Crippen LogP contribution in [0.2, 0.25) is 5.15 Å². The number of hydrogen-bond acceptors (Lipinski definition) is 3. The zero-order valence-corrected chi connectivity index (χ0v) is 11.9. The molecule has 0 saturated heterocycles. The molecule has 0 N–H and O–H groups in total. The highest BCUT2D eigenvalue weighted by molar-refractivity contribution is 6.29. The van der Waals surface area contributed by atoms with Crippen LogP contribution in [0.15, 0.2) is 30.3 Å². The number of rotatable bonds is 5. The summed E-state index contributed by atoms with van der Waals surface area (Å²) in [7, 11) is 0. The second-order valence-electron chi connectivity index (χ2n) is 4.17. The highest BCUT2D eigenvalue weighted by atomic mass is 35.5. The van der Waals surface area contributed by atoms with Gasteiger partial charge >= 0.3 is 0 Å². The average molecular weight is 277 g/mol. The Bertz CT molecular complexity index is 558. The molecule has 0 aliphatic heterocycles. The van der Waals surface area contributed by atoms with Gasteiger partial charge in [-0.15, -0.1) is 0 Å². The van der Waals surface area contributed by atoms with Gasteiger partial charge in [0, 0.05) is 18.1 Å². The summed E-state index contributed by atoms with van der Waals surface area (Å²) in [6.07, 6.45) is 1.82. The maximum Gasteiger partial charge on any atom is 0.133 e. The first-order chi connectivity index (χ1) is 9.24. The normalized spacial score (nSPS) is 10.5. The molecule has 0 spiro atoms. The monoisotopic (exact) mass is 276 g/mol. The van der Waals surface area contributed by atoms with Crippen molar-refractivity contribution in [1.82, 2.24) is 9.97 Å². The highest BCUT2D eigenvalue weighted by Gasteiger charge is 2.10. The van der Waals surface area contributed by atoms with Crippen LogP contribution in [0.3, 0.4) is 0 Å². The van der Waals surface area contributed by atoms with Crippen LogP contribution < -0.4 is 4.74 Å². The van der Waals surface area contributed by atoms with Gasteiger partial charge in [0.1, 0.15) is 16.7 Å². The SMILES string of the molecule is CCCc1nc(Cl)cc(-c2ccccc2OCC)n1. The molecule has 0 unspecified atom stereocenters. The topological polar surface area (TPSA) is 35.0 Å². The van der Waals surface area contributed by atoms with Crippen LogP contribution in [0.4, 0.5) is 0 Å². The lowest BCUT2D eigenvalue weighted by atomic mass is 10.1. The molecule has 0 radical (unpaired) electrons. The van der Waals surface area contributed by atoms with Crippen molar-refractivity contribution in [2.75, 3.05) is 6.61 Å². The summed E-state index contributed by atoms with van der Waals surface area (Å²) in [6, 6.07) is 9.61. The Kier molecular flexibility index (Phi) is 4.74. The van der Waals surface area contributed by atoms with Crippen molar-refractivity contribution in [3.05, 3.63) is 41.3 Å². The van der Waals surface area contributed by atoms with E-state index in [1.54, 1.807) is 6.07 Å². The molecule has 1 heterocycles. The van der Waals surface area contributed by atoms with Gasteiger partial charge in [-0.3, -0.25) is 0 Å². The fourth-order valence-corrected chi connectivity index (χ4v) is 2.10. The van der Waals surface area contributed by atoms with Crippen molar-refractivity contribution in [1.29, 1.82) is 0 Å². The van der Waals surface area contributed by atoms with E-state index in [1.165, 1.54) is 0 Å². The van der Waals surface area contributed by atoms with Crippen molar-refractivity contribution < 1.29 is 4.74 Å². The first kappa shape index (κ1) is 13.8. The third kappa shape index (κ3) is 3.44. The summed E-state index contributed by atoms with van der Waals surface area (Å²) in [5.74, 6) is 1.60. The summed E-state index contributed by atoms with van der Waals surface area (Å²) in [5.41, 5.74) is 1.76. The Morgan fingerprint density at radius 3 is 2.68 bits per heavy atom. The quantitative estimate of drug-likeness (QED) is 0.770. The predicted molar refractivity (Wildman–Crippen MR) is 77.6 cm³/mol. The van der Waals surface area contributed by atoms with E-state index >= 15 is 0 Å². The Hall–Kier alpha value is -1.61. The Balaban J connectivity index is 2.46. The number of hydrogen-bond donors (Lipinski definition) is 0. The van der Waals surface area contributed by atoms with Gasteiger partial charge in [-0.1, -0.05) is 30.7 Å². The molecule has 0 fully saturated rings. The Morgan fingerprint density at radius 2 is 1.95 bits per heavy atom. The van der Waals surface area contributed by atoms with Crippen LogP contribution in [0.5, 0.6) is 5.75 Å². The molecule has 0 bridgehead atoms. The molecular formula is C15H17ClN2O. The van der Waals surface area contributed by atoms with Crippen molar-refractivity contribution in [3.8, 4) is 17.0 Å². The summed E-state index contributed by atoms with van der Waals surface area (Å²) in [5, 5.41) is 0.472. The first-order valence-corrected chi connectivity index (χ1v) is 6.88. The smallest absolute Gasteiger partial charge is 0.133 e.